The van der Waals surface area contributed by atoms with Gasteiger partial charge in [-0.25, -0.2) is 0 Å². The first-order chi connectivity index (χ1) is 14.8. The Morgan fingerprint density at radius 2 is 1.00 bits per heavy atom. The van der Waals surface area contributed by atoms with Gasteiger partial charge in [-0.2, -0.15) is 0 Å². The van der Waals surface area contributed by atoms with E-state index in [0.29, 0.717) is 23.7 Å². The van der Waals surface area contributed by atoms with Crippen LogP contribution in [0.1, 0.15) is 106 Å². The van der Waals surface area contributed by atoms with E-state index < -0.39 is 0 Å². The lowest BCUT2D eigenvalue weighted by Gasteiger charge is -2.61. The molecule has 0 amide bonds. The van der Waals surface area contributed by atoms with E-state index in [4.69, 9.17) is 0 Å². The van der Waals surface area contributed by atoms with Crippen LogP contribution in [0.2, 0.25) is 0 Å². The fourth-order valence-corrected chi connectivity index (χ4v) is 9.73. The van der Waals surface area contributed by atoms with Gasteiger partial charge in [0.25, 0.3) is 0 Å². The minimum absolute atomic E-state index is 0.0129. The topological polar surface area (TPSA) is 40.5 Å². The highest BCUT2D eigenvalue weighted by Gasteiger charge is 2.58. The first-order valence-electron chi connectivity index (χ1n) is 13.5. The van der Waals surface area contributed by atoms with E-state index in [1.807, 2.05) is 0 Å². The fraction of sp³-hybridized carbons (Fsp3) is 0.867. The molecule has 32 heavy (non-hydrogen) atoms. The van der Waals surface area contributed by atoms with Gasteiger partial charge in [0.2, 0.25) is 0 Å². The van der Waals surface area contributed by atoms with Crippen LogP contribution in [0, 0.1) is 45.3 Å². The molecule has 182 valence electrons. The third kappa shape index (κ3) is 3.49. The highest BCUT2D eigenvalue weighted by atomic mass is 16.3. The van der Waals surface area contributed by atoms with Gasteiger partial charge in [0, 0.05) is 0 Å². The van der Waals surface area contributed by atoms with Gasteiger partial charge in [0.05, 0.1) is 12.2 Å². The molecule has 0 aromatic rings. The predicted molar refractivity (Wildman–Crippen MR) is 134 cm³/mol. The Morgan fingerprint density at radius 1 is 0.656 bits per heavy atom. The average Bonchev–Trinajstić information content (AvgIpc) is 2.69. The summed E-state index contributed by atoms with van der Waals surface area (Å²) >= 11 is 0. The second-order valence-electron chi connectivity index (χ2n) is 13.9. The van der Waals surface area contributed by atoms with Crippen molar-refractivity contribution >= 4 is 0 Å². The summed E-state index contributed by atoms with van der Waals surface area (Å²) in [6.07, 6.45) is 10.7. The number of hydrogen-bond acceptors (Lipinski definition) is 2. The monoisotopic (exact) mass is 442 g/mol. The lowest BCUT2D eigenvalue weighted by atomic mass is 9.44. The summed E-state index contributed by atoms with van der Waals surface area (Å²) in [4.78, 5) is 0. The van der Waals surface area contributed by atoms with E-state index in [9.17, 15) is 10.2 Å². The molecule has 0 radical (unpaired) electrons. The summed E-state index contributed by atoms with van der Waals surface area (Å²) in [6, 6.07) is 0. The zero-order valence-corrected chi connectivity index (χ0v) is 21.8. The minimum Gasteiger partial charge on any atom is -0.393 e. The highest BCUT2D eigenvalue weighted by molar-refractivity contribution is 5.20. The minimum atomic E-state index is -0.179. The van der Waals surface area contributed by atoms with Gasteiger partial charge in [-0.1, -0.05) is 65.8 Å². The van der Waals surface area contributed by atoms with E-state index >= 15 is 0 Å². The maximum absolute atomic E-state index is 10.8. The van der Waals surface area contributed by atoms with Crippen LogP contribution in [0.3, 0.4) is 0 Å². The van der Waals surface area contributed by atoms with Crippen LogP contribution in [0.5, 0.6) is 0 Å². The van der Waals surface area contributed by atoms with Gasteiger partial charge in [-0.15, -0.1) is 0 Å². The standard InChI is InChI=1S/C30H50O2/c1-19-9-13-23-27(3,4)25(31)15-17-29(23,7)21(19)11-12-22-20(2)10-14-24-28(5,6)26(32)16-18-30(22,24)8/h21-26,31-32H,1-2,9-18H2,3-8H3/t21-,22-,23-,24-,25-,26-,29+,30+/m1/s1. The number of rotatable bonds is 3. The van der Waals surface area contributed by atoms with Crippen LogP contribution in [0.25, 0.3) is 0 Å². The summed E-state index contributed by atoms with van der Waals surface area (Å²) in [7, 11) is 0. The summed E-state index contributed by atoms with van der Waals surface area (Å²) in [6.45, 7) is 23.4. The number of hydrogen-bond donors (Lipinski definition) is 2. The summed E-state index contributed by atoms with van der Waals surface area (Å²) < 4.78 is 0. The van der Waals surface area contributed by atoms with E-state index in [0.717, 1.165) is 38.5 Å². The molecular formula is C30H50O2. The van der Waals surface area contributed by atoms with E-state index in [-0.39, 0.29) is 33.9 Å². The van der Waals surface area contributed by atoms with Crippen LogP contribution < -0.4 is 0 Å². The van der Waals surface area contributed by atoms with Crippen molar-refractivity contribution < 1.29 is 10.2 Å². The predicted octanol–water partition coefficient (Wildman–Crippen LogP) is 7.31. The fourth-order valence-electron chi connectivity index (χ4n) is 9.73. The molecule has 8 atom stereocenters. The Balaban J connectivity index is 1.57. The summed E-state index contributed by atoms with van der Waals surface area (Å²) in [5, 5.41) is 21.6. The maximum Gasteiger partial charge on any atom is 0.0594 e. The van der Waals surface area contributed by atoms with Crippen LogP contribution in [0.4, 0.5) is 0 Å². The lowest BCUT2D eigenvalue weighted by Crippen LogP contribution is -2.56. The van der Waals surface area contributed by atoms with Crippen LogP contribution in [0.15, 0.2) is 24.3 Å². The quantitative estimate of drug-likeness (QED) is 0.450. The molecule has 0 aliphatic heterocycles. The van der Waals surface area contributed by atoms with Crippen molar-refractivity contribution in [3.8, 4) is 0 Å². The molecule has 0 bridgehead atoms. The Kier molecular flexibility index (Phi) is 6.11. The molecule has 0 saturated heterocycles. The van der Waals surface area contributed by atoms with E-state index in [1.54, 1.807) is 0 Å². The molecule has 2 heteroatoms. The smallest absolute Gasteiger partial charge is 0.0594 e. The molecule has 4 aliphatic carbocycles. The molecule has 4 saturated carbocycles. The van der Waals surface area contributed by atoms with Crippen molar-refractivity contribution in [2.45, 2.75) is 118 Å². The first kappa shape index (κ1) is 24.5. The number of aliphatic hydroxyl groups is 2. The third-order valence-corrected chi connectivity index (χ3v) is 11.8. The number of allylic oxidation sites excluding steroid dienone is 2. The van der Waals surface area contributed by atoms with Crippen molar-refractivity contribution in [1.82, 2.24) is 0 Å². The van der Waals surface area contributed by atoms with Crippen LogP contribution in [-0.2, 0) is 0 Å². The molecule has 0 spiro atoms. The van der Waals surface area contributed by atoms with Gasteiger partial charge in [-0.05, 0) is 110 Å². The van der Waals surface area contributed by atoms with Crippen molar-refractivity contribution in [1.29, 1.82) is 0 Å². The van der Waals surface area contributed by atoms with Gasteiger partial charge in [0.15, 0.2) is 0 Å². The van der Waals surface area contributed by atoms with E-state index in [1.165, 1.54) is 36.8 Å². The molecule has 0 heterocycles. The summed E-state index contributed by atoms with van der Waals surface area (Å²) in [5.41, 5.74) is 3.38. The number of fused-ring (bicyclic) bond motifs is 2. The first-order valence-corrected chi connectivity index (χ1v) is 13.5. The van der Waals surface area contributed by atoms with Crippen molar-refractivity contribution in [3.63, 3.8) is 0 Å². The molecule has 0 unspecified atom stereocenters. The molecule has 0 aromatic heterocycles. The van der Waals surface area contributed by atoms with Crippen molar-refractivity contribution in [3.05, 3.63) is 24.3 Å². The van der Waals surface area contributed by atoms with Gasteiger partial charge >= 0.3 is 0 Å². The van der Waals surface area contributed by atoms with Crippen LogP contribution >= 0.6 is 0 Å². The Labute approximate surface area is 198 Å². The molecule has 2 nitrogen and oxygen atoms in total. The molecule has 4 fully saturated rings. The largest absolute Gasteiger partial charge is 0.393 e. The maximum atomic E-state index is 10.8. The third-order valence-electron chi connectivity index (χ3n) is 11.8. The molecular weight excluding hydrogens is 392 g/mol. The van der Waals surface area contributed by atoms with Gasteiger partial charge < -0.3 is 10.2 Å². The normalized spacial score (nSPS) is 48.1. The Morgan fingerprint density at radius 3 is 1.34 bits per heavy atom. The summed E-state index contributed by atoms with van der Waals surface area (Å²) in [5.74, 6) is 2.23. The lowest BCUT2D eigenvalue weighted by molar-refractivity contribution is -0.134. The second kappa shape index (κ2) is 7.98. The Bertz CT molecular complexity index is 699. The van der Waals surface area contributed by atoms with Gasteiger partial charge in [-0.3, -0.25) is 0 Å². The zero-order chi connectivity index (χ0) is 23.7. The molecule has 2 N–H and O–H groups in total. The molecule has 0 aromatic carbocycles. The molecule has 4 aliphatic rings. The van der Waals surface area contributed by atoms with Crippen LogP contribution in [-0.4, -0.2) is 22.4 Å². The van der Waals surface area contributed by atoms with Crippen molar-refractivity contribution in [2.24, 2.45) is 45.3 Å². The van der Waals surface area contributed by atoms with Crippen molar-refractivity contribution in [2.75, 3.05) is 0 Å². The zero-order valence-electron chi connectivity index (χ0n) is 21.8. The average molecular weight is 443 g/mol. The molecule has 4 rings (SSSR count). The SMILES string of the molecule is C=C1CC[C@@H]2C(C)(C)[C@H](O)CC[C@@]2(C)[C@@H]1CC[C@@H]1C(=C)CC[C@@H]2C(C)(C)[C@H](O)CC[C@@]12C. The number of aliphatic hydroxyl groups excluding tert-OH is 2. The van der Waals surface area contributed by atoms with E-state index in [2.05, 4.69) is 54.7 Å². The Hall–Kier alpha value is -0.600. The highest BCUT2D eigenvalue weighted by Crippen LogP contribution is 2.64. The second-order valence-corrected chi connectivity index (χ2v) is 13.9. The van der Waals surface area contributed by atoms with Gasteiger partial charge in [0.1, 0.15) is 0 Å².